The molecule has 0 aliphatic rings. The van der Waals surface area contributed by atoms with Gasteiger partial charge < -0.3 is 10.5 Å². The summed E-state index contributed by atoms with van der Waals surface area (Å²) in [6, 6.07) is 4.18. The molecule has 0 saturated carbocycles. The van der Waals surface area contributed by atoms with Gasteiger partial charge in [-0.2, -0.15) is 13.2 Å². The number of ether oxygens (including phenoxy) is 1. The van der Waals surface area contributed by atoms with E-state index >= 15 is 0 Å². The summed E-state index contributed by atoms with van der Waals surface area (Å²) in [5.74, 6) is -0.561. The van der Waals surface area contributed by atoms with Gasteiger partial charge in [0, 0.05) is 4.47 Å². The molecule has 9 heteroatoms. The lowest BCUT2D eigenvalue weighted by Crippen LogP contribution is -2.21. The van der Waals surface area contributed by atoms with Crippen LogP contribution in [-0.2, 0) is 14.6 Å². The zero-order chi connectivity index (χ0) is 14.7. The van der Waals surface area contributed by atoms with Crippen molar-refractivity contribution in [2.24, 2.45) is 0 Å². The van der Waals surface area contributed by atoms with Crippen molar-refractivity contribution in [3.05, 3.63) is 22.7 Å². The Morgan fingerprint density at radius 3 is 2.47 bits per heavy atom. The lowest BCUT2D eigenvalue weighted by molar-refractivity contribution is -0.172. The van der Waals surface area contributed by atoms with E-state index in [2.05, 4.69) is 20.7 Å². The van der Waals surface area contributed by atoms with E-state index in [1.54, 1.807) is 0 Å². The van der Waals surface area contributed by atoms with Gasteiger partial charge in [0.1, 0.15) is 6.61 Å². The molecule has 1 aromatic carbocycles. The summed E-state index contributed by atoms with van der Waals surface area (Å²) in [6.07, 6.45) is -4.47. The molecule has 0 unspecified atom stereocenters. The Labute approximate surface area is 116 Å². The molecule has 0 heterocycles. The Hall–Kier alpha value is -0.800. The van der Waals surface area contributed by atoms with Crippen LogP contribution in [0.4, 0.5) is 18.9 Å². The Morgan fingerprint density at radius 1 is 1.32 bits per heavy atom. The molecule has 2 N–H and O–H groups in total. The molecule has 0 fully saturated rings. The van der Waals surface area contributed by atoms with Crippen molar-refractivity contribution < 1.29 is 26.3 Å². The maximum Gasteiger partial charge on any atom is 0.411 e. The third kappa shape index (κ3) is 5.37. The molecule has 0 bridgehead atoms. The Balaban J connectivity index is 2.66. The third-order valence-corrected chi connectivity index (χ3v) is 4.31. The number of nitrogen functional groups attached to an aromatic ring is 1. The standard InChI is InChI=1S/C10H11BrF3NO3S/c11-7-1-2-9(8(15)5-7)19(16,17)4-3-18-6-10(12,13)14/h1-2,5H,3-4,6,15H2. The van der Waals surface area contributed by atoms with Crippen LogP contribution in [0.3, 0.4) is 0 Å². The van der Waals surface area contributed by atoms with Gasteiger partial charge in [-0.1, -0.05) is 15.9 Å². The van der Waals surface area contributed by atoms with Crippen LogP contribution in [0.2, 0.25) is 0 Å². The van der Waals surface area contributed by atoms with Crippen LogP contribution in [0.5, 0.6) is 0 Å². The fraction of sp³-hybridized carbons (Fsp3) is 0.400. The van der Waals surface area contributed by atoms with E-state index < -0.39 is 35.0 Å². The Morgan fingerprint density at radius 2 is 1.95 bits per heavy atom. The van der Waals surface area contributed by atoms with E-state index in [1.807, 2.05) is 0 Å². The van der Waals surface area contributed by atoms with Gasteiger partial charge in [-0.3, -0.25) is 0 Å². The van der Waals surface area contributed by atoms with Crippen molar-refractivity contribution in [3.63, 3.8) is 0 Å². The molecule has 0 spiro atoms. The molecule has 0 atom stereocenters. The minimum Gasteiger partial charge on any atom is -0.398 e. The van der Waals surface area contributed by atoms with E-state index in [0.29, 0.717) is 4.47 Å². The van der Waals surface area contributed by atoms with Crippen molar-refractivity contribution in [3.8, 4) is 0 Å². The summed E-state index contributed by atoms with van der Waals surface area (Å²) in [5.41, 5.74) is 5.58. The van der Waals surface area contributed by atoms with Crippen LogP contribution >= 0.6 is 15.9 Å². The van der Waals surface area contributed by atoms with E-state index in [9.17, 15) is 21.6 Å². The van der Waals surface area contributed by atoms with Gasteiger partial charge in [-0.15, -0.1) is 0 Å². The molecule has 0 radical (unpaired) electrons. The molecule has 0 aliphatic heterocycles. The Kier molecular flexibility index (Phi) is 5.22. The maximum atomic E-state index is 11.8. The van der Waals surface area contributed by atoms with Crippen molar-refractivity contribution in [2.75, 3.05) is 24.7 Å². The van der Waals surface area contributed by atoms with Crippen molar-refractivity contribution >= 4 is 31.5 Å². The minimum atomic E-state index is -4.47. The van der Waals surface area contributed by atoms with Crippen molar-refractivity contribution in [1.82, 2.24) is 0 Å². The van der Waals surface area contributed by atoms with Gasteiger partial charge in [0.2, 0.25) is 0 Å². The topological polar surface area (TPSA) is 69.4 Å². The van der Waals surface area contributed by atoms with Crippen LogP contribution in [0.1, 0.15) is 0 Å². The maximum absolute atomic E-state index is 11.8. The molecule has 1 rings (SSSR count). The number of anilines is 1. The predicted octanol–water partition coefficient (Wildman–Crippen LogP) is 2.38. The molecule has 0 aromatic heterocycles. The van der Waals surface area contributed by atoms with Gasteiger partial charge in [0.05, 0.1) is 22.9 Å². The van der Waals surface area contributed by atoms with Crippen LogP contribution in [0, 0.1) is 0 Å². The molecule has 19 heavy (non-hydrogen) atoms. The lowest BCUT2D eigenvalue weighted by atomic mass is 10.3. The van der Waals surface area contributed by atoms with Crippen molar-refractivity contribution in [1.29, 1.82) is 0 Å². The first kappa shape index (κ1) is 16.3. The second-order valence-corrected chi connectivity index (χ2v) is 6.66. The summed E-state index contributed by atoms with van der Waals surface area (Å²) in [4.78, 5) is -0.119. The van der Waals surface area contributed by atoms with Gasteiger partial charge in [-0.05, 0) is 18.2 Å². The molecular weight excluding hydrogens is 351 g/mol. The highest BCUT2D eigenvalue weighted by Gasteiger charge is 2.28. The fourth-order valence-electron chi connectivity index (χ4n) is 1.27. The summed E-state index contributed by atoms with van der Waals surface area (Å²) in [5, 5.41) is 0. The molecule has 1 aromatic rings. The van der Waals surface area contributed by atoms with E-state index in [1.165, 1.54) is 18.2 Å². The van der Waals surface area contributed by atoms with E-state index in [4.69, 9.17) is 5.73 Å². The number of sulfone groups is 1. The summed E-state index contributed by atoms with van der Waals surface area (Å²) in [7, 11) is -3.76. The van der Waals surface area contributed by atoms with Crippen molar-refractivity contribution in [2.45, 2.75) is 11.1 Å². The third-order valence-electron chi connectivity index (χ3n) is 2.07. The average molecular weight is 362 g/mol. The molecule has 0 aliphatic carbocycles. The first-order chi connectivity index (χ1) is 8.62. The van der Waals surface area contributed by atoms with Gasteiger partial charge in [0.25, 0.3) is 0 Å². The van der Waals surface area contributed by atoms with Crippen LogP contribution in [0.15, 0.2) is 27.6 Å². The normalized spacial score (nSPS) is 12.6. The summed E-state index contributed by atoms with van der Waals surface area (Å²) >= 11 is 3.12. The first-order valence-electron chi connectivity index (χ1n) is 5.04. The van der Waals surface area contributed by atoms with Gasteiger partial charge in [-0.25, -0.2) is 8.42 Å². The van der Waals surface area contributed by atoms with Crippen LogP contribution < -0.4 is 5.73 Å². The van der Waals surface area contributed by atoms with Crippen LogP contribution in [0.25, 0.3) is 0 Å². The number of hydrogen-bond acceptors (Lipinski definition) is 4. The number of alkyl halides is 3. The molecule has 4 nitrogen and oxygen atoms in total. The zero-order valence-corrected chi connectivity index (χ0v) is 12.0. The van der Waals surface area contributed by atoms with Gasteiger partial charge >= 0.3 is 6.18 Å². The smallest absolute Gasteiger partial charge is 0.398 e. The van der Waals surface area contributed by atoms with Crippen LogP contribution in [-0.4, -0.2) is 33.6 Å². The average Bonchev–Trinajstić information content (AvgIpc) is 2.22. The number of halogens is 4. The first-order valence-corrected chi connectivity index (χ1v) is 7.48. The second-order valence-electron chi connectivity index (χ2n) is 3.67. The number of hydrogen-bond donors (Lipinski definition) is 1. The summed E-state index contributed by atoms with van der Waals surface area (Å²) in [6.45, 7) is -2.02. The highest BCUT2D eigenvalue weighted by Crippen LogP contribution is 2.23. The number of benzene rings is 1. The lowest BCUT2D eigenvalue weighted by Gasteiger charge is -2.09. The molecular formula is C10H11BrF3NO3S. The van der Waals surface area contributed by atoms with E-state index in [0.717, 1.165) is 0 Å². The largest absolute Gasteiger partial charge is 0.411 e. The SMILES string of the molecule is Nc1cc(Br)ccc1S(=O)(=O)CCOCC(F)(F)F. The highest BCUT2D eigenvalue weighted by atomic mass is 79.9. The monoisotopic (exact) mass is 361 g/mol. The van der Waals surface area contributed by atoms with Gasteiger partial charge in [0.15, 0.2) is 9.84 Å². The number of rotatable bonds is 5. The molecule has 0 amide bonds. The highest BCUT2D eigenvalue weighted by molar-refractivity contribution is 9.10. The molecule has 0 saturated heterocycles. The number of nitrogens with two attached hydrogens (primary N) is 1. The fourth-order valence-corrected chi connectivity index (χ4v) is 2.90. The predicted molar refractivity (Wildman–Crippen MR) is 67.5 cm³/mol. The zero-order valence-electron chi connectivity index (χ0n) is 9.58. The quantitative estimate of drug-likeness (QED) is 0.645. The minimum absolute atomic E-state index is 0.0326. The second kappa shape index (κ2) is 6.10. The Bertz CT molecular complexity index is 545. The van der Waals surface area contributed by atoms with E-state index in [-0.39, 0.29) is 10.6 Å². The molecule has 108 valence electrons. The summed E-state index contributed by atoms with van der Waals surface area (Å²) < 4.78 is 64.0.